The second-order valence-electron chi connectivity index (χ2n) is 8.11. The van der Waals surface area contributed by atoms with Crippen molar-refractivity contribution in [3.05, 3.63) is 59.5 Å². The fourth-order valence-corrected chi connectivity index (χ4v) is 4.58. The van der Waals surface area contributed by atoms with Crippen LogP contribution in [-0.2, 0) is 11.2 Å². The number of amides is 1. The van der Waals surface area contributed by atoms with Crippen LogP contribution in [0, 0.1) is 11.7 Å². The zero-order valence-corrected chi connectivity index (χ0v) is 16.8. The van der Waals surface area contributed by atoms with Gasteiger partial charge >= 0.3 is 0 Å². The summed E-state index contributed by atoms with van der Waals surface area (Å²) in [7, 11) is 1.56. The van der Waals surface area contributed by atoms with Crippen LogP contribution in [0.1, 0.15) is 41.6 Å². The van der Waals surface area contributed by atoms with E-state index in [0.717, 1.165) is 44.3 Å². The lowest BCUT2D eigenvalue weighted by Crippen LogP contribution is -2.51. The van der Waals surface area contributed by atoms with Crippen LogP contribution in [0.2, 0.25) is 0 Å². The molecule has 1 aromatic heterocycles. The van der Waals surface area contributed by atoms with Crippen LogP contribution in [0.5, 0.6) is 5.88 Å². The lowest BCUT2D eigenvalue weighted by atomic mass is 9.77. The molecule has 0 bridgehead atoms. The SMILES string of the molecule is COc1ccc(C(=O)N2CCC3(CC2)CC(Cc2cccc(F)c2)CCO3)cn1. The average Bonchev–Trinajstić information content (AvgIpc) is 2.74. The third-order valence-corrected chi connectivity index (χ3v) is 6.16. The highest BCUT2D eigenvalue weighted by molar-refractivity contribution is 5.94. The molecule has 2 fully saturated rings. The number of aromatic nitrogens is 1. The van der Waals surface area contributed by atoms with Gasteiger partial charge in [-0.1, -0.05) is 12.1 Å². The number of pyridine rings is 1. The predicted molar refractivity (Wildman–Crippen MR) is 107 cm³/mol. The maximum Gasteiger partial charge on any atom is 0.255 e. The standard InChI is InChI=1S/C23H27FN2O3/c1-28-21-6-5-19(16-25-21)22(27)26-10-8-23(9-11-26)15-18(7-12-29-23)13-17-3-2-4-20(24)14-17/h2-6,14,16,18H,7-13,15H2,1H3. The summed E-state index contributed by atoms with van der Waals surface area (Å²) in [6, 6.07) is 10.4. The Hall–Kier alpha value is -2.47. The van der Waals surface area contributed by atoms with Crippen molar-refractivity contribution in [2.24, 2.45) is 5.92 Å². The Morgan fingerprint density at radius 1 is 1.31 bits per heavy atom. The second-order valence-corrected chi connectivity index (χ2v) is 8.11. The molecule has 2 aromatic rings. The first kappa shape index (κ1) is 19.8. The van der Waals surface area contributed by atoms with Gasteiger partial charge in [-0.15, -0.1) is 0 Å². The number of likely N-dealkylation sites (tertiary alicyclic amines) is 1. The van der Waals surface area contributed by atoms with Crippen LogP contribution in [0.3, 0.4) is 0 Å². The molecule has 0 saturated carbocycles. The number of rotatable bonds is 4. The number of nitrogens with zero attached hydrogens (tertiary/aromatic N) is 2. The van der Waals surface area contributed by atoms with E-state index in [9.17, 15) is 9.18 Å². The predicted octanol–water partition coefficient (Wildman–Crippen LogP) is 3.87. The molecule has 1 unspecified atom stereocenters. The summed E-state index contributed by atoms with van der Waals surface area (Å²) in [6.45, 7) is 2.09. The number of piperidine rings is 1. The summed E-state index contributed by atoms with van der Waals surface area (Å²) in [6.07, 6.45) is 6.08. The normalized spacial score (nSPS) is 21.2. The molecule has 2 aliphatic heterocycles. The highest BCUT2D eigenvalue weighted by Gasteiger charge is 2.41. The van der Waals surface area contributed by atoms with E-state index in [0.29, 0.717) is 30.5 Å². The van der Waals surface area contributed by atoms with E-state index < -0.39 is 0 Å². The molecular weight excluding hydrogens is 371 g/mol. The van der Waals surface area contributed by atoms with Crippen molar-refractivity contribution in [2.75, 3.05) is 26.8 Å². The largest absolute Gasteiger partial charge is 0.481 e. The molecule has 1 aromatic carbocycles. The first-order valence-corrected chi connectivity index (χ1v) is 10.2. The number of benzene rings is 1. The Bertz CT molecular complexity index is 847. The topological polar surface area (TPSA) is 51.7 Å². The van der Waals surface area contributed by atoms with Gasteiger partial charge in [0.15, 0.2) is 0 Å². The Balaban J connectivity index is 1.35. The first-order chi connectivity index (χ1) is 14.1. The van der Waals surface area contributed by atoms with Crippen molar-refractivity contribution in [3.8, 4) is 5.88 Å². The van der Waals surface area contributed by atoms with E-state index in [1.54, 1.807) is 37.6 Å². The highest BCUT2D eigenvalue weighted by Crippen LogP contribution is 2.39. The van der Waals surface area contributed by atoms with Crippen LogP contribution >= 0.6 is 0 Å². The molecule has 0 N–H and O–H groups in total. The molecule has 6 heteroatoms. The molecule has 1 spiro atoms. The van der Waals surface area contributed by atoms with Crippen LogP contribution in [0.15, 0.2) is 42.6 Å². The van der Waals surface area contributed by atoms with Gasteiger partial charge in [0.05, 0.1) is 18.3 Å². The number of carbonyl (C=O) groups excluding carboxylic acids is 1. The highest BCUT2D eigenvalue weighted by atomic mass is 19.1. The van der Waals surface area contributed by atoms with Crippen molar-refractivity contribution in [3.63, 3.8) is 0 Å². The molecule has 0 radical (unpaired) electrons. The van der Waals surface area contributed by atoms with Crippen LogP contribution in [0.4, 0.5) is 4.39 Å². The molecule has 4 rings (SSSR count). The summed E-state index contributed by atoms with van der Waals surface area (Å²) < 4.78 is 24.8. The summed E-state index contributed by atoms with van der Waals surface area (Å²) >= 11 is 0. The summed E-state index contributed by atoms with van der Waals surface area (Å²) in [5.74, 6) is 0.809. The van der Waals surface area contributed by atoms with Crippen LogP contribution < -0.4 is 4.74 Å². The molecule has 1 amide bonds. The van der Waals surface area contributed by atoms with Gasteiger partial charge in [0.2, 0.25) is 5.88 Å². The molecule has 1 atom stereocenters. The van der Waals surface area contributed by atoms with E-state index >= 15 is 0 Å². The fraction of sp³-hybridized carbons (Fsp3) is 0.478. The smallest absolute Gasteiger partial charge is 0.255 e. The molecule has 3 heterocycles. The Morgan fingerprint density at radius 2 is 2.14 bits per heavy atom. The van der Waals surface area contributed by atoms with Gasteiger partial charge in [-0.25, -0.2) is 9.37 Å². The number of halogens is 1. The summed E-state index contributed by atoms with van der Waals surface area (Å²) in [4.78, 5) is 18.8. The summed E-state index contributed by atoms with van der Waals surface area (Å²) in [5, 5.41) is 0. The van der Waals surface area contributed by atoms with E-state index in [2.05, 4.69) is 4.98 Å². The van der Waals surface area contributed by atoms with Gasteiger partial charge in [-0.3, -0.25) is 4.79 Å². The van der Waals surface area contributed by atoms with Crippen molar-refractivity contribution in [1.82, 2.24) is 9.88 Å². The van der Waals surface area contributed by atoms with Crippen LogP contribution in [0.25, 0.3) is 0 Å². The molecule has 154 valence electrons. The Labute approximate surface area is 170 Å². The maximum atomic E-state index is 13.5. The van der Waals surface area contributed by atoms with E-state index in [1.807, 2.05) is 11.0 Å². The molecule has 2 aliphatic rings. The number of hydrogen-bond acceptors (Lipinski definition) is 4. The van der Waals surface area contributed by atoms with Gasteiger partial charge < -0.3 is 14.4 Å². The molecular formula is C23H27FN2O3. The second kappa shape index (κ2) is 8.49. The minimum atomic E-state index is -0.177. The van der Waals surface area contributed by atoms with Crippen LogP contribution in [-0.4, -0.2) is 48.2 Å². The van der Waals surface area contributed by atoms with Crippen molar-refractivity contribution < 1.29 is 18.7 Å². The minimum absolute atomic E-state index is 0.00197. The van der Waals surface area contributed by atoms with E-state index in [4.69, 9.17) is 9.47 Å². The van der Waals surface area contributed by atoms with Gasteiger partial charge in [-0.2, -0.15) is 0 Å². The average molecular weight is 398 g/mol. The number of hydrogen-bond donors (Lipinski definition) is 0. The van der Waals surface area contributed by atoms with Gasteiger partial charge in [-0.05, 0) is 61.8 Å². The zero-order chi connectivity index (χ0) is 20.3. The zero-order valence-electron chi connectivity index (χ0n) is 16.8. The monoisotopic (exact) mass is 398 g/mol. The Kier molecular flexibility index (Phi) is 5.81. The minimum Gasteiger partial charge on any atom is -0.481 e. The van der Waals surface area contributed by atoms with E-state index in [-0.39, 0.29) is 17.3 Å². The van der Waals surface area contributed by atoms with Crippen molar-refractivity contribution >= 4 is 5.91 Å². The van der Waals surface area contributed by atoms with Gasteiger partial charge in [0, 0.05) is 32.0 Å². The molecule has 5 nitrogen and oxygen atoms in total. The van der Waals surface area contributed by atoms with Crippen molar-refractivity contribution in [2.45, 2.75) is 37.7 Å². The number of methoxy groups -OCH3 is 1. The Morgan fingerprint density at radius 3 is 2.83 bits per heavy atom. The van der Waals surface area contributed by atoms with Gasteiger partial charge in [0.1, 0.15) is 5.82 Å². The number of ether oxygens (including phenoxy) is 2. The quantitative estimate of drug-likeness (QED) is 0.785. The first-order valence-electron chi connectivity index (χ1n) is 10.2. The third kappa shape index (κ3) is 4.58. The number of carbonyl (C=O) groups is 1. The van der Waals surface area contributed by atoms with Gasteiger partial charge in [0.25, 0.3) is 5.91 Å². The fourth-order valence-electron chi connectivity index (χ4n) is 4.58. The lowest BCUT2D eigenvalue weighted by Gasteiger charge is -2.46. The summed E-state index contributed by atoms with van der Waals surface area (Å²) in [5.41, 5.74) is 1.47. The molecule has 29 heavy (non-hydrogen) atoms. The third-order valence-electron chi connectivity index (χ3n) is 6.16. The maximum absolute atomic E-state index is 13.5. The lowest BCUT2D eigenvalue weighted by molar-refractivity contribution is -0.123. The molecule has 2 saturated heterocycles. The van der Waals surface area contributed by atoms with E-state index in [1.165, 1.54) is 6.07 Å². The van der Waals surface area contributed by atoms with Crippen molar-refractivity contribution in [1.29, 1.82) is 0 Å². The molecule has 0 aliphatic carbocycles.